The summed E-state index contributed by atoms with van der Waals surface area (Å²) in [5.41, 5.74) is 0.682. The topological polar surface area (TPSA) is 57.6 Å². The molecule has 0 saturated heterocycles. The van der Waals surface area contributed by atoms with Gasteiger partial charge in [0.05, 0.1) is 18.0 Å². The molecule has 0 fully saturated rings. The molecule has 0 atom stereocenters. The molecular weight excluding hydrogens is 344 g/mol. The van der Waals surface area contributed by atoms with E-state index in [1.165, 1.54) is 12.1 Å². The van der Waals surface area contributed by atoms with Gasteiger partial charge in [-0.3, -0.25) is 0 Å². The zero-order valence-corrected chi connectivity index (χ0v) is 12.6. The van der Waals surface area contributed by atoms with Crippen molar-refractivity contribution in [2.75, 3.05) is 19.7 Å². The van der Waals surface area contributed by atoms with Crippen LogP contribution in [0.2, 0.25) is 0 Å². The molecule has 19 heavy (non-hydrogen) atoms. The van der Waals surface area contributed by atoms with Crippen molar-refractivity contribution in [1.82, 2.24) is 4.31 Å². The van der Waals surface area contributed by atoms with Gasteiger partial charge in [-0.05, 0) is 30.7 Å². The van der Waals surface area contributed by atoms with Crippen LogP contribution in [0.1, 0.15) is 5.56 Å². The number of alkyl halides is 2. The summed E-state index contributed by atoms with van der Waals surface area (Å²) in [7, 11) is -4.03. The highest BCUT2D eigenvalue weighted by molar-refractivity contribution is 9.10. The molecule has 1 aromatic carbocycles. The molecule has 0 radical (unpaired) electrons. The third-order valence-corrected chi connectivity index (χ3v) is 5.21. The van der Waals surface area contributed by atoms with E-state index in [-0.39, 0.29) is 11.4 Å². The number of benzene rings is 1. The summed E-state index contributed by atoms with van der Waals surface area (Å²) in [4.78, 5) is -0.0673. The molecule has 0 aliphatic carbocycles. The van der Waals surface area contributed by atoms with Crippen molar-refractivity contribution in [2.24, 2.45) is 0 Å². The minimum absolute atomic E-state index is 0.0673. The second-order valence-corrected chi connectivity index (χ2v) is 6.68. The Morgan fingerprint density at radius 3 is 2.53 bits per heavy atom. The van der Waals surface area contributed by atoms with Crippen LogP contribution in [0.5, 0.6) is 0 Å². The molecule has 1 N–H and O–H groups in total. The molecule has 0 unspecified atom stereocenters. The van der Waals surface area contributed by atoms with E-state index in [0.717, 1.165) is 4.47 Å². The fraction of sp³-hybridized carbons (Fsp3) is 0.455. The van der Waals surface area contributed by atoms with Crippen LogP contribution in [0.4, 0.5) is 8.78 Å². The van der Waals surface area contributed by atoms with Gasteiger partial charge in [0, 0.05) is 11.0 Å². The molecule has 0 saturated carbocycles. The normalized spacial score (nSPS) is 12.4. The van der Waals surface area contributed by atoms with E-state index < -0.39 is 29.6 Å². The molecule has 0 bridgehead atoms. The van der Waals surface area contributed by atoms with Gasteiger partial charge >= 0.3 is 0 Å². The Hall–Kier alpha value is -0.570. The van der Waals surface area contributed by atoms with Gasteiger partial charge in [-0.2, -0.15) is 4.31 Å². The van der Waals surface area contributed by atoms with Crippen LogP contribution in [0.15, 0.2) is 27.6 Å². The minimum Gasteiger partial charge on any atom is -0.395 e. The molecule has 1 aromatic rings. The first kappa shape index (κ1) is 16.5. The van der Waals surface area contributed by atoms with E-state index in [1.807, 2.05) is 0 Å². The lowest BCUT2D eigenvalue weighted by Crippen LogP contribution is -2.37. The summed E-state index contributed by atoms with van der Waals surface area (Å²) in [6, 6.07) is 4.28. The average Bonchev–Trinajstić information content (AvgIpc) is 2.31. The van der Waals surface area contributed by atoms with Crippen molar-refractivity contribution in [2.45, 2.75) is 18.2 Å². The predicted octanol–water partition coefficient (Wildman–Crippen LogP) is 2.01. The van der Waals surface area contributed by atoms with Gasteiger partial charge in [0.15, 0.2) is 0 Å². The fourth-order valence-corrected chi connectivity index (χ4v) is 3.24. The number of nitrogens with zero attached hydrogens (tertiary/aromatic N) is 1. The van der Waals surface area contributed by atoms with Crippen LogP contribution in [0.25, 0.3) is 0 Å². The van der Waals surface area contributed by atoms with Crippen molar-refractivity contribution >= 4 is 26.0 Å². The number of hydrogen-bond donors (Lipinski definition) is 1. The summed E-state index contributed by atoms with van der Waals surface area (Å²) < 4.78 is 50.5. The van der Waals surface area contributed by atoms with E-state index in [9.17, 15) is 17.2 Å². The zero-order chi connectivity index (χ0) is 14.6. The maximum absolute atomic E-state index is 12.4. The highest BCUT2D eigenvalue weighted by Crippen LogP contribution is 2.23. The van der Waals surface area contributed by atoms with Gasteiger partial charge in [-0.1, -0.05) is 15.9 Å². The van der Waals surface area contributed by atoms with Crippen LogP contribution >= 0.6 is 15.9 Å². The number of aliphatic hydroxyl groups is 1. The van der Waals surface area contributed by atoms with Gasteiger partial charge < -0.3 is 5.11 Å². The summed E-state index contributed by atoms with van der Waals surface area (Å²) in [6.45, 7) is -0.103. The molecule has 1 rings (SSSR count). The van der Waals surface area contributed by atoms with Crippen LogP contribution in [-0.2, 0) is 10.0 Å². The SMILES string of the molecule is Cc1cc(S(=O)(=O)N(CCO)CC(F)F)ccc1Br. The van der Waals surface area contributed by atoms with E-state index in [4.69, 9.17) is 5.11 Å². The Labute approximate surface area is 119 Å². The number of aliphatic hydroxyl groups excluding tert-OH is 1. The Bertz CT molecular complexity index is 537. The van der Waals surface area contributed by atoms with Crippen LogP contribution < -0.4 is 0 Å². The highest BCUT2D eigenvalue weighted by Gasteiger charge is 2.27. The monoisotopic (exact) mass is 357 g/mol. The number of rotatable bonds is 6. The third-order valence-electron chi connectivity index (χ3n) is 2.46. The zero-order valence-electron chi connectivity index (χ0n) is 10.2. The Morgan fingerprint density at radius 2 is 2.05 bits per heavy atom. The predicted molar refractivity (Wildman–Crippen MR) is 70.7 cm³/mol. The molecule has 4 nitrogen and oxygen atoms in total. The third kappa shape index (κ3) is 4.20. The minimum atomic E-state index is -4.03. The molecule has 0 aromatic heterocycles. The molecule has 108 valence electrons. The Balaban J connectivity index is 3.14. The van der Waals surface area contributed by atoms with Gasteiger partial charge in [0.1, 0.15) is 0 Å². The highest BCUT2D eigenvalue weighted by atomic mass is 79.9. The van der Waals surface area contributed by atoms with Crippen LogP contribution in [-0.4, -0.2) is 44.0 Å². The summed E-state index contributed by atoms with van der Waals surface area (Å²) >= 11 is 3.24. The van der Waals surface area contributed by atoms with Gasteiger partial charge in [-0.15, -0.1) is 0 Å². The Morgan fingerprint density at radius 1 is 1.42 bits per heavy atom. The lowest BCUT2D eigenvalue weighted by atomic mass is 10.2. The molecule has 0 amide bonds. The molecule has 0 aliphatic heterocycles. The largest absolute Gasteiger partial charge is 0.395 e. The Kier molecular flexibility index (Phi) is 5.84. The van der Waals surface area contributed by atoms with E-state index in [0.29, 0.717) is 9.87 Å². The lowest BCUT2D eigenvalue weighted by molar-refractivity contribution is 0.113. The number of sulfonamides is 1. The molecular formula is C11H14BrF2NO3S. The molecule has 0 heterocycles. The van der Waals surface area contributed by atoms with Crippen molar-refractivity contribution < 1.29 is 22.3 Å². The molecule has 8 heteroatoms. The first-order valence-electron chi connectivity index (χ1n) is 5.44. The number of aryl methyl sites for hydroxylation is 1. The maximum atomic E-state index is 12.4. The van der Waals surface area contributed by atoms with Crippen LogP contribution in [0, 0.1) is 6.92 Å². The summed E-state index contributed by atoms with van der Waals surface area (Å²) in [6.07, 6.45) is -2.79. The molecule has 0 spiro atoms. The van der Waals surface area contributed by atoms with Crippen LogP contribution in [0.3, 0.4) is 0 Å². The number of halogens is 3. The van der Waals surface area contributed by atoms with E-state index in [2.05, 4.69) is 15.9 Å². The maximum Gasteiger partial charge on any atom is 0.252 e. The second kappa shape index (κ2) is 6.74. The van der Waals surface area contributed by atoms with Crippen molar-refractivity contribution in [3.63, 3.8) is 0 Å². The first-order valence-corrected chi connectivity index (χ1v) is 7.67. The lowest BCUT2D eigenvalue weighted by Gasteiger charge is -2.21. The quantitative estimate of drug-likeness (QED) is 0.847. The second-order valence-electron chi connectivity index (χ2n) is 3.89. The molecule has 0 aliphatic rings. The van der Waals surface area contributed by atoms with Crippen molar-refractivity contribution in [1.29, 1.82) is 0 Å². The van der Waals surface area contributed by atoms with Crippen molar-refractivity contribution in [3.8, 4) is 0 Å². The van der Waals surface area contributed by atoms with Crippen molar-refractivity contribution in [3.05, 3.63) is 28.2 Å². The summed E-state index contributed by atoms with van der Waals surface area (Å²) in [5, 5.41) is 8.80. The van der Waals surface area contributed by atoms with Gasteiger partial charge in [-0.25, -0.2) is 17.2 Å². The van der Waals surface area contributed by atoms with Gasteiger partial charge in [0.2, 0.25) is 10.0 Å². The van der Waals surface area contributed by atoms with E-state index in [1.54, 1.807) is 13.0 Å². The first-order chi connectivity index (χ1) is 8.78. The smallest absolute Gasteiger partial charge is 0.252 e. The van der Waals surface area contributed by atoms with Gasteiger partial charge in [0.25, 0.3) is 6.43 Å². The fourth-order valence-electron chi connectivity index (χ4n) is 1.50. The standard InChI is InChI=1S/C11H14BrF2NO3S/c1-8-6-9(2-3-10(8)12)19(17,18)15(4-5-16)7-11(13)14/h2-3,6,11,16H,4-5,7H2,1H3. The summed E-state index contributed by atoms with van der Waals surface area (Å²) in [5.74, 6) is 0. The van der Waals surface area contributed by atoms with E-state index >= 15 is 0 Å². The average molecular weight is 358 g/mol. The number of hydrogen-bond acceptors (Lipinski definition) is 3.